The second-order valence-electron chi connectivity index (χ2n) is 5.30. The monoisotopic (exact) mass is 264 g/mol. The van der Waals surface area contributed by atoms with E-state index in [1.54, 1.807) is 17.0 Å². The lowest BCUT2D eigenvalue weighted by molar-refractivity contribution is 0.305. The fraction of sp³-hybridized carbons (Fsp3) is 0.714. The fourth-order valence-corrected chi connectivity index (χ4v) is 3.06. The Labute approximate surface area is 114 Å². The Morgan fingerprint density at radius 3 is 2.89 bits per heavy atom. The van der Waals surface area contributed by atoms with E-state index in [4.69, 9.17) is 5.73 Å². The van der Waals surface area contributed by atoms with Crippen LogP contribution in [-0.2, 0) is 6.54 Å². The lowest BCUT2D eigenvalue weighted by Crippen LogP contribution is -2.46. The Morgan fingerprint density at radius 1 is 1.47 bits per heavy atom. The summed E-state index contributed by atoms with van der Waals surface area (Å²) in [6.07, 6.45) is 8.15. The van der Waals surface area contributed by atoms with Crippen molar-refractivity contribution >= 4 is 5.82 Å². The minimum atomic E-state index is -0.00570. The van der Waals surface area contributed by atoms with Crippen molar-refractivity contribution in [2.75, 3.05) is 18.5 Å². The Bertz CT molecular complexity index is 471. The van der Waals surface area contributed by atoms with Crippen molar-refractivity contribution in [2.45, 2.75) is 45.2 Å². The van der Waals surface area contributed by atoms with Crippen molar-refractivity contribution in [2.24, 2.45) is 11.7 Å². The van der Waals surface area contributed by atoms with Crippen LogP contribution in [0.4, 0.5) is 5.82 Å². The number of hydrogen-bond donors (Lipinski definition) is 1. The van der Waals surface area contributed by atoms with Gasteiger partial charge in [0.2, 0.25) is 0 Å². The van der Waals surface area contributed by atoms with Crippen LogP contribution in [0, 0.1) is 5.92 Å². The molecule has 2 rings (SSSR count). The summed E-state index contributed by atoms with van der Waals surface area (Å²) < 4.78 is 1.69. The lowest BCUT2D eigenvalue weighted by atomic mass is 9.84. The van der Waals surface area contributed by atoms with E-state index in [1.807, 2.05) is 18.9 Å². The largest absolute Gasteiger partial charge is 0.352 e. The molecule has 5 heteroatoms. The zero-order valence-electron chi connectivity index (χ0n) is 11.9. The van der Waals surface area contributed by atoms with Crippen LogP contribution < -0.4 is 16.2 Å². The molecule has 2 N–H and O–H groups in total. The van der Waals surface area contributed by atoms with Gasteiger partial charge in [-0.1, -0.05) is 12.8 Å². The topological polar surface area (TPSA) is 64.2 Å². The van der Waals surface area contributed by atoms with Gasteiger partial charge >= 0.3 is 0 Å². The highest BCUT2D eigenvalue weighted by atomic mass is 16.1. The first-order chi connectivity index (χ1) is 9.19. The van der Waals surface area contributed by atoms with Gasteiger partial charge in [-0.3, -0.25) is 4.79 Å². The Hall–Kier alpha value is -1.36. The van der Waals surface area contributed by atoms with E-state index < -0.39 is 0 Å². The number of aromatic nitrogens is 2. The molecule has 1 aromatic heterocycles. The lowest BCUT2D eigenvalue weighted by Gasteiger charge is -2.37. The molecule has 2 atom stereocenters. The van der Waals surface area contributed by atoms with Crippen molar-refractivity contribution < 1.29 is 0 Å². The molecular formula is C14H24N4O. The van der Waals surface area contributed by atoms with E-state index in [9.17, 15) is 4.79 Å². The van der Waals surface area contributed by atoms with Crippen molar-refractivity contribution in [1.82, 2.24) is 9.55 Å². The summed E-state index contributed by atoms with van der Waals surface area (Å²) in [4.78, 5) is 18.6. The van der Waals surface area contributed by atoms with Crippen LogP contribution in [0.15, 0.2) is 17.2 Å². The summed E-state index contributed by atoms with van der Waals surface area (Å²) >= 11 is 0. The molecule has 1 aromatic rings. The highest BCUT2D eigenvalue weighted by Gasteiger charge is 2.29. The van der Waals surface area contributed by atoms with Crippen molar-refractivity contribution in [3.63, 3.8) is 0 Å². The van der Waals surface area contributed by atoms with Gasteiger partial charge < -0.3 is 15.2 Å². The number of aryl methyl sites for hydroxylation is 1. The van der Waals surface area contributed by atoms with Gasteiger partial charge in [0.05, 0.1) is 0 Å². The molecule has 1 fully saturated rings. The van der Waals surface area contributed by atoms with Crippen LogP contribution in [-0.4, -0.2) is 29.2 Å². The zero-order valence-corrected chi connectivity index (χ0v) is 11.9. The van der Waals surface area contributed by atoms with E-state index in [1.165, 1.54) is 12.8 Å². The fourth-order valence-electron chi connectivity index (χ4n) is 3.06. The first kappa shape index (κ1) is 14.1. The van der Waals surface area contributed by atoms with Crippen LogP contribution in [0.3, 0.4) is 0 Å². The number of nitrogens with zero attached hydrogens (tertiary/aromatic N) is 3. The smallest absolute Gasteiger partial charge is 0.293 e. The highest BCUT2D eigenvalue weighted by Crippen LogP contribution is 2.28. The molecule has 5 nitrogen and oxygen atoms in total. The van der Waals surface area contributed by atoms with Gasteiger partial charge in [-0.25, -0.2) is 4.98 Å². The summed E-state index contributed by atoms with van der Waals surface area (Å²) in [6, 6.07) is 0.339. The van der Waals surface area contributed by atoms with E-state index in [2.05, 4.69) is 4.98 Å². The molecule has 0 radical (unpaired) electrons. The molecule has 2 unspecified atom stereocenters. The molecule has 1 heterocycles. The number of rotatable bonds is 4. The first-order valence-electron chi connectivity index (χ1n) is 7.17. The van der Waals surface area contributed by atoms with Crippen LogP contribution in [0.1, 0.15) is 32.6 Å². The van der Waals surface area contributed by atoms with E-state index in [0.29, 0.717) is 30.9 Å². The molecule has 1 saturated carbocycles. The predicted molar refractivity (Wildman–Crippen MR) is 77.4 cm³/mol. The molecule has 1 aliphatic rings. The van der Waals surface area contributed by atoms with Crippen molar-refractivity contribution in [3.8, 4) is 0 Å². The predicted octanol–water partition coefficient (Wildman–Crippen LogP) is 1.22. The summed E-state index contributed by atoms with van der Waals surface area (Å²) in [6.45, 7) is 3.32. The van der Waals surface area contributed by atoms with Crippen LogP contribution >= 0.6 is 0 Å². The second-order valence-corrected chi connectivity index (χ2v) is 5.30. The zero-order chi connectivity index (χ0) is 13.8. The highest BCUT2D eigenvalue weighted by molar-refractivity contribution is 5.36. The van der Waals surface area contributed by atoms with Gasteiger partial charge in [0.1, 0.15) is 0 Å². The number of hydrogen-bond acceptors (Lipinski definition) is 4. The maximum atomic E-state index is 12.3. The average molecular weight is 264 g/mol. The molecule has 0 bridgehead atoms. The molecule has 0 amide bonds. The van der Waals surface area contributed by atoms with Crippen LogP contribution in [0.25, 0.3) is 0 Å². The van der Waals surface area contributed by atoms with Crippen LogP contribution in [0.2, 0.25) is 0 Å². The maximum absolute atomic E-state index is 12.3. The molecule has 1 aliphatic carbocycles. The van der Waals surface area contributed by atoms with Crippen molar-refractivity contribution in [3.05, 3.63) is 22.7 Å². The van der Waals surface area contributed by atoms with Gasteiger partial charge in [-0.15, -0.1) is 0 Å². The summed E-state index contributed by atoms with van der Waals surface area (Å²) in [5.74, 6) is 1.02. The summed E-state index contributed by atoms with van der Waals surface area (Å²) in [5.41, 5.74) is 5.87. The number of nitrogens with two attached hydrogens (primary N) is 1. The molecule has 0 saturated heterocycles. The van der Waals surface area contributed by atoms with Crippen LogP contribution in [0.5, 0.6) is 0 Å². The van der Waals surface area contributed by atoms with E-state index in [0.717, 1.165) is 12.8 Å². The number of anilines is 1. The quantitative estimate of drug-likeness (QED) is 0.888. The Morgan fingerprint density at radius 2 is 2.21 bits per heavy atom. The molecule has 106 valence electrons. The minimum absolute atomic E-state index is 0.00570. The first-order valence-corrected chi connectivity index (χ1v) is 7.17. The molecule has 0 spiro atoms. The van der Waals surface area contributed by atoms with E-state index in [-0.39, 0.29) is 5.56 Å². The Balaban J connectivity index is 2.27. The summed E-state index contributed by atoms with van der Waals surface area (Å²) in [7, 11) is 1.97. The molecule has 19 heavy (non-hydrogen) atoms. The van der Waals surface area contributed by atoms with Gasteiger partial charge in [-0.2, -0.15) is 0 Å². The molecular weight excluding hydrogens is 240 g/mol. The standard InChI is InChI=1S/C14H24N4O/c1-3-18-9-8-16-13(14(18)19)17(2)12-7-5-4-6-11(12)10-15/h8-9,11-12H,3-7,10,15H2,1-2H3. The SMILES string of the molecule is CCn1ccnc(N(C)C2CCCCC2CN)c1=O. The van der Waals surface area contributed by atoms with Gasteiger partial charge in [0, 0.05) is 32.0 Å². The van der Waals surface area contributed by atoms with Gasteiger partial charge in [0.15, 0.2) is 5.82 Å². The van der Waals surface area contributed by atoms with Crippen molar-refractivity contribution in [1.29, 1.82) is 0 Å². The third-order valence-electron chi connectivity index (χ3n) is 4.24. The van der Waals surface area contributed by atoms with Gasteiger partial charge in [-0.05, 0) is 32.2 Å². The Kier molecular flexibility index (Phi) is 4.58. The van der Waals surface area contributed by atoms with E-state index >= 15 is 0 Å². The maximum Gasteiger partial charge on any atom is 0.293 e. The second kappa shape index (κ2) is 6.19. The normalized spacial score (nSPS) is 23.3. The average Bonchev–Trinajstić information content (AvgIpc) is 2.46. The minimum Gasteiger partial charge on any atom is -0.352 e. The molecule has 0 aromatic carbocycles. The third kappa shape index (κ3) is 2.81. The molecule has 0 aliphatic heterocycles. The van der Waals surface area contributed by atoms with Gasteiger partial charge in [0.25, 0.3) is 5.56 Å². The summed E-state index contributed by atoms with van der Waals surface area (Å²) in [5, 5.41) is 0. The third-order valence-corrected chi connectivity index (χ3v) is 4.24.